The van der Waals surface area contributed by atoms with Gasteiger partial charge >= 0.3 is 0 Å². The fourth-order valence-electron chi connectivity index (χ4n) is 1.15. The number of allylic oxidation sites excluding steroid dienone is 2. The van der Waals surface area contributed by atoms with Gasteiger partial charge in [-0.3, -0.25) is 0 Å². The van der Waals surface area contributed by atoms with E-state index in [0.29, 0.717) is 0 Å². The summed E-state index contributed by atoms with van der Waals surface area (Å²) in [6, 6.07) is 0. The molecule has 72 valence electrons. The van der Waals surface area contributed by atoms with Crippen LogP contribution in [0.1, 0.15) is 59.3 Å². The minimum absolute atomic E-state index is 0.774. The van der Waals surface area contributed by atoms with Gasteiger partial charge in [0.15, 0.2) is 0 Å². The molecule has 0 bridgehead atoms. The van der Waals surface area contributed by atoms with Crippen LogP contribution in [0.15, 0.2) is 12.2 Å². The number of hydrogen-bond donors (Lipinski definition) is 0. The molecule has 0 aromatic carbocycles. The maximum absolute atomic E-state index is 2.35. The molecule has 0 aromatic rings. The molecule has 0 saturated carbocycles. The fourth-order valence-corrected chi connectivity index (χ4v) is 1.15. The van der Waals surface area contributed by atoms with Gasteiger partial charge in [0.2, 0.25) is 0 Å². The van der Waals surface area contributed by atoms with E-state index < -0.39 is 0 Å². The quantitative estimate of drug-likeness (QED) is 0.386. The maximum Gasteiger partial charge on any atom is -0.0265 e. The zero-order valence-electron chi connectivity index (χ0n) is 8.97. The molecule has 0 spiro atoms. The van der Waals surface area contributed by atoms with Crippen LogP contribution in [0.5, 0.6) is 0 Å². The molecule has 0 aromatic heterocycles. The van der Waals surface area contributed by atoms with E-state index in [2.05, 4.69) is 32.9 Å². The Morgan fingerprint density at radius 2 is 1.83 bits per heavy atom. The lowest BCUT2D eigenvalue weighted by atomic mass is 10.1. The molecule has 0 heteroatoms. The molecule has 0 N–H and O–H groups in total. The number of rotatable bonds is 7. The Morgan fingerprint density at radius 1 is 1.08 bits per heavy atom. The monoisotopic (exact) mass is 168 g/mol. The van der Waals surface area contributed by atoms with Crippen LogP contribution >= 0.6 is 0 Å². The van der Waals surface area contributed by atoms with Gasteiger partial charge in [0.25, 0.3) is 0 Å². The Bertz CT molecular complexity index is 103. The predicted molar refractivity (Wildman–Crippen MR) is 57.4 cm³/mol. The van der Waals surface area contributed by atoms with Crippen molar-refractivity contribution in [3.05, 3.63) is 12.2 Å². The third-order valence-electron chi connectivity index (χ3n) is 2.33. The van der Waals surface area contributed by atoms with Gasteiger partial charge in [-0.15, -0.1) is 0 Å². The average molecular weight is 168 g/mol. The van der Waals surface area contributed by atoms with Crippen LogP contribution < -0.4 is 0 Å². The van der Waals surface area contributed by atoms with Crippen molar-refractivity contribution in [2.24, 2.45) is 5.92 Å². The van der Waals surface area contributed by atoms with Gasteiger partial charge in [0, 0.05) is 0 Å². The smallest absolute Gasteiger partial charge is 0.0265 e. The highest BCUT2D eigenvalue weighted by Crippen LogP contribution is 2.06. The molecular weight excluding hydrogens is 144 g/mol. The second kappa shape index (κ2) is 8.83. The van der Waals surface area contributed by atoms with Gasteiger partial charge in [-0.25, -0.2) is 0 Å². The van der Waals surface area contributed by atoms with E-state index in [9.17, 15) is 0 Å². The van der Waals surface area contributed by atoms with Crippen LogP contribution in [0.2, 0.25) is 0 Å². The van der Waals surface area contributed by atoms with Crippen LogP contribution in [0, 0.1) is 5.92 Å². The van der Waals surface area contributed by atoms with Crippen LogP contribution in [-0.2, 0) is 0 Å². The second-order valence-corrected chi connectivity index (χ2v) is 3.66. The topological polar surface area (TPSA) is 0 Å². The van der Waals surface area contributed by atoms with Crippen LogP contribution in [0.25, 0.3) is 0 Å². The summed E-state index contributed by atoms with van der Waals surface area (Å²) in [4.78, 5) is 0. The Morgan fingerprint density at radius 3 is 2.42 bits per heavy atom. The Labute approximate surface area is 78.1 Å². The van der Waals surface area contributed by atoms with Crippen molar-refractivity contribution >= 4 is 0 Å². The van der Waals surface area contributed by atoms with Gasteiger partial charge in [-0.2, -0.15) is 0 Å². The largest absolute Gasteiger partial charge is 0.0883 e. The van der Waals surface area contributed by atoms with E-state index in [0.717, 1.165) is 5.92 Å². The van der Waals surface area contributed by atoms with Crippen molar-refractivity contribution in [1.29, 1.82) is 0 Å². The van der Waals surface area contributed by atoms with Crippen molar-refractivity contribution in [2.75, 3.05) is 0 Å². The fraction of sp³-hybridized carbons (Fsp3) is 0.833. The van der Waals surface area contributed by atoms with E-state index in [4.69, 9.17) is 0 Å². The van der Waals surface area contributed by atoms with Gasteiger partial charge in [0.1, 0.15) is 0 Å². The average Bonchev–Trinajstić information content (AvgIpc) is 2.10. The van der Waals surface area contributed by atoms with Crippen LogP contribution in [0.4, 0.5) is 0 Å². The molecule has 12 heavy (non-hydrogen) atoms. The summed E-state index contributed by atoms with van der Waals surface area (Å²) in [5.74, 6) is 0.774. The second-order valence-electron chi connectivity index (χ2n) is 3.66. The summed E-state index contributed by atoms with van der Waals surface area (Å²) in [5, 5.41) is 0. The highest BCUT2D eigenvalue weighted by Gasteiger charge is 1.89. The van der Waals surface area contributed by atoms with E-state index in [1.807, 2.05) is 0 Å². The molecule has 0 fully saturated rings. The van der Waals surface area contributed by atoms with Gasteiger partial charge in [-0.1, -0.05) is 58.6 Å². The number of unbranched alkanes of at least 4 members (excludes halogenated alkanes) is 4. The van der Waals surface area contributed by atoms with Gasteiger partial charge in [-0.05, 0) is 18.8 Å². The normalized spacial score (nSPS) is 13.9. The molecule has 0 nitrogen and oxygen atoms in total. The Balaban J connectivity index is 3.12. The zero-order valence-corrected chi connectivity index (χ0v) is 8.97. The number of hydrogen-bond acceptors (Lipinski definition) is 0. The van der Waals surface area contributed by atoms with Crippen molar-refractivity contribution in [1.82, 2.24) is 0 Å². The highest BCUT2D eigenvalue weighted by molar-refractivity contribution is 4.85. The predicted octanol–water partition coefficient (Wildman–Crippen LogP) is 4.56. The third-order valence-corrected chi connectivity index (χ3v) is 2.33. The van der Waals surface area contributed by atoms with Crippen LogP contribution in [-0.4, -0.2) is 0 Å². The molecule has 0 rings (SSSR count). The maximum atomic E-state index is 2.35. The van der Waals surface area contributed by atoms with Gasteiger partial charge < -0.3 is 0 Å². The molecule has 0 saturated heterocycles. The molecule has 0 radical (unpaired) electrons. The summed E-state index contributed by atoms with van der Waals surface area (Å²) in [5.41, 5.74) is 0. The molecule has 0 unspecified atom stereocenters. The molecule has 0 amide bonds. The molecular formula is C12H24. The van der Waals surface area contributed by atoms with Crippen molar-refractivity contribution < 1.29 is 0 Å². The molecule has 0 aliphatic heterocycles. The summed E-state index contributed by atoms with van der Waals surface area (Å²) in [6.07, 6.45) is 12.8. The molecule has 0 heterocycles. The third kappa shape index (κ3) is 7.84. The van der Waals surface area contributed by atoms with Crippen molar-refractivity contribution in [3.8, 4) is 0 Å². The Kier molecular flexibility index (Phi) is 8.64. The lowest BCUT2D eigenvalue weighted by Gasteiger charge is -1.99. The van der Waals surface area contributed by atoms with Crippen LogP contribution in [0.3, 0.4) is 0 Å². The summed E-state index contributed by atoms with van der Waals surface area (Å²) in [6.45, 7) is 6.78. The standard InChI is InChI=1S/C12H24/c1-4-6-7-8-9-10-11-12(3)5-2/h10-12H,4-9H2,1-3H3/b11-10+/t12-/m0/s1. The van der Waals surface area contributed by atoms with Gasteiger partial charge in [0.05, 0.1) is 0 Å². The molecule has 0 aliphatic carbocycles. The van der Waals surface area contributed by atoms with E-state index in [1.54, 1.807) is 0 Å². The SMILES string of the molecule is CCCCCC/C=C/[C@@H](C)CC. The first-order chi connectivity index (χ1) is 5.81. The minimum atomic E-state index is 0.774. The summed E-state index contributed by atoms with van der Waals surface area (Å²) >= 11 is 0. The minimum Gasteiger partial charge on any atom is -0.0883 e. The van der Waals surface area contributed by atoms with E-state index >= 15 is 0 Å². The summed E-state index contributed by atoms with van der Waals surface area (Å²) < 4.78 is 0. The lowest BCUT2D eigenvalue weighted by Crippen LogP contribution is -1.83. The Hall–Kier alpha value is -0.260. The first-order valence-corrected chi connectivity index (χ1v) is 5.47. The first-order valence-electron chi connectivity index (χ1n) is 5.47. The first kappa shape index (κ1) is 11.7. The highest BCUT2D eigenvalue weighted by atomic mass is 14.0. The van der Waals surface area contributed by atoms with E-state index in [-0.39, 0.29) is 0 Å². The van der Waals surface area contributed by atoms with Crippen molar-refractivity contribution in [2.45, 2.75) is 59.3 Å². The summed E-state index contributed by atoms with van der Waals surface area (Å²) in [7, 11) is 0. The van der Waals surface area contributed by atoms with Crippen molar-refractivity contribution in [3.63, 3.8) is 0 Å². The van der Waals surface area contributed by atoms with E-state index in [1.165, 1.54) is 38.5 Å². The lowest BCUT2D eigenvalue weighted by molar-refractivity contribution is 0.664. The molecule has 1 atom stereocenters. The zero-order chi connectivity index (χ0) is 9.23. The molecule has 0 aliphatic rings.